The first-order valence-electron chi connectivity index (χ1n) is 7.20. The van der Waals surface area contributed by atoms with Gasteiger partial charge in [-0.1, -0.05) is 25.1 Å². The van der Waals surface area contributed by atoms with E-state index < -0.39 is 11.8 Å². The van der Waals surface area contributed by atoms with Crippen LogP contribution in [0.5, 0.6) is 5.75 Å². The molecular weight excluding hydrogens is 360 g/mol. The summed E-state index contributed by atoms with van der Waals surface area (Å²) in [6.45, 7) is 2.59. The number of carbonyl (C=O) groups excluding carboxylic acids is 2. The Balaban J connectivity index is 1.97. The molecule has 2 amide bonds. The maximum absolute atomic E-state index is 12.1. The predicted molar refractivity (Wildman–Crippen MR) is 91.3 cm³/mol. The number of hydrogen-bond acceptors (Lipinski definition) is 3. The van der Waals surface area contributed by atoms with Gasteiger partial charge in [-0.3, -0.25) is 20.4 Å². The standard InChI is InChI=1S/C17H17BrN2O3/c1-2-10-23-13-7-5-6-12(11-13)16(21)19-20-17(22)14-8-3-4-9-15(14)18/h3-9,11H,2,10H2,1H3,(H,19,21)(H,20,22). The minimum Gasteiger partial charge on any atom is -0.494 e. The van der Waals surface area contributed by atoms with Crippen molar-refractivity contribution in [3.05, 3.63) is 64.1 Å². The molecule has 2 aromatic rings. The van der Waals surface area contributed by atoms with E-state index in [1.807, 2.05) is 6.92 Å². The second kappa shape index (κ2) is 8.33. The first kappa shape index (κ1) is 17.0. The van der Waals surface area contributed by atoms with Gasteiger partial charge in [0.05, 0.1) is 12.2 Å². The number of carbonyl (C=O) groups is 2. The fourth-order valence-electron chi connectivity index (χ4n) is 1.85. The van der Waals surface area contributed by atoms with Gasteiger partial charge in [0, 0.05) is 10.0 Å². The summed E-state index contributed by atoms with van der Waals surface area (Å²) in [7, 11) is 0. The van der Waals surface area contributed by atoms with Crippen molar-refractivity contribution < 1.29 is 14.3 Å². The molecule has 0 aliphatic rings. The number of rotatable bonds is 5. The van der Waals surface area contributed by atoms with Gasteiger partial charge in [0.15, 0.2) is 0 Å². The van der Waals surface area contributed by atoms with Crippen molar-refractivity contribution >= 4 is 27.7 Å². The molecule has 5 nitrogen and oxygen atoms in total. The molecule has 0 bridgehead atoms. The normalized spacial score (nSPS) is 10.0. The number of amides is 2. The fourth-order valence-corrected chi connectivity index (χ4v) is 2.31. The van der Waals surface area contributed by atoms with E-state index in [1.165, 1.54) is 0 Å². The van der Waals surface area contributed by atoms with E-state index >= 15 is 0 Å². The molecule has 0 unspecified atom stereocenters. The summed E-state index contributed by atoms with van der Waals surface area (Å²) in [5, 5.41) is 0. The highest BCUT2D eigenvalue weighted by atomic mass is 79.9. The third kappa shape index (κ3) is 4.82. The molecule has 0 atom stereocenters. The highest BCUT2D eigenvalue weighted by molar-refractivity contribution is 9.10. The van der Waals surface area contributed by atoms with Crippen LogP contribution in [-0.2, 0) is 0 Å². The Labute approximate surface area is 143 Å². The summed E-state index contributed by atoms with van der Waals surface area (Å²) in [4.78, 5) is 24.1. The van der Waals surface area contributed by atoms with E-state index in [-0.39, 0.29) is 0 Å². The van der Waals surface area contributed by atoms with Crippen LogP contribution in [0.15, 0.2) is 53.0 Å². The molecule has 0 saturated heterocycles. The number of benzene rings is 2. The number of nitrogens with one attached hydrogen (secondary N) is 2. The van der Waals surface area contributed by atoms with E-state index in [0.717, 1.165) is 6.42 Å². The number of ether oxygens (including phenoxy) is 1. The van der Waals surface area contributed by atoms with E-state index in [4.69, 9.17) is 4.74 Å². The Morgan fingerprint density at radius 2 is 1.78 bits per heavy atom. The molecule has 2 aromatic carbocycles. The van der Waals surface area contributed by atoms with Crippen molar-refractivity contribution in [1.29, 1.82) is 0 Å². The van der Waals surface area contributed by atoms with Crippen LogP contribution in [0.3, 0.4) is 0 Å². The molecule has 0 aromatic heterocycles. The van der Waals surface area contributed by atoms with Gasteiger partial charge in [0.2, 0.25) is 0 Å². The number of hydrogen-bond donors (Lipinski definition) is 2. The van der Waals surface area contributed by atoms with E-state index in [1.54, 1.807) is 48.5 Å². The molecule has 2 N–H and O–H groups in total. The van der Waals surface area contributed by atoms with E-state index in [9.17, 15) is 9.59 Å². The van der Waals surface area contributed by atoms with Crippen molar-refractivity contribution in [1.82, 2.24) is 10.9 Å². The maximum atomic E-state index is 12.1. The lowest BCUT2D eigenvalue weighted by Crippen LogP contribution is -2.41. The molecule has 2 rings (SSSR count). The van der Waals surface area contributed by atoms with Crippen molar-refractivity contribution in [2.75, 3.05) is 6.61 Å². The van der Waals surface area contributed by atoms with Crippen LogP contribution in [0.1, 0.15) is 34.1 Å². The van der Waals surface area contributed by atoms with Gasteiger partial charge in [-0.25, -0.2) is 0 Å². The molecule has 0 heterocycles. The quantitative estimate of drug-likeness (QED) is 0.786. The van der Waals surface area contributed by atoms with Gasteiger partial charge in [0.25, 0.3) is 11.8 Å². The molecule has 0 fully saturated rings. The lowest BCUT2D eigenvalue weighted by atomic mass is 10.2. The Morgan fingerprint density at radius 3 is 2.52 bits per heavy atom. The van der Waals surface area contributed by atoms with E-state index in [0.29, 0.717) is 28.0 Å². The summed E-state index contributed by atoms with van der Waals surface area (Å²) >= 11 is 3.29. The topological polar surface area (TPSA) is 67.4 Å². The van der Waals surface area contributed by atoms with Crippen LogP contribution >= 0.6 is 15.9 Å². The lowest BCUT2D eigenvalue weighted by Gasteiger charge is -2.10. The molecule has 120 valence electrons. The molecule has 23 heavy (non-hydrogen) atoms. The smallest absolute Gasteiger partial charge is 0.270 e. The third-order valence-electron chi connectivity index (χ3n) is 2.98. The first-order chi connectivity index (χ1) is 11.1. The Morgan fingerprint density at radius 1 is 1.04 bits per heavy atom. The lowest BCUT2D eigenvalue weighted by molar-refractivity contribution is 0.0846. The van der Waals surface area contributed by atoms with Gasteiger partial charge in [0.1, 0.15) is 5.75 Å². The average Bonchev–Trinajstić information content (AvgIpc) is 2.58. The van der Waals surface area contributed by atoms with Crippen molar-refractivity contribution in [2.45, 2.75) is 13.3 Å². The molecule has 0 aliphatic carbocycles. The molecule has 0 saturated carbocycles. The average molecular weight is 377 g/mol. The van der Waals surface area contributed by atoms with Crippen LogP contribution < -0.4 is 15.6 Å². The second-order valence-corrected chi connectivity index (χ2v) is 5.62. The molecule has 6 heteroatoms. The third-order valence-corrected chi connectivity index (χ3v) is 3.67. The van der Waals surface area contributed by atoms with Gasteiger partial charge in [-0.2, -0.15) is 0 Å². The van der Waals surface area contributed by atoms with Crippen molar-refractivity contribution in [3.8, 4) is 5.75 Å². The molecular formula is C17H17BrN2O3. The highest BCUT2D eigenvalue weighted by Gasteiger charge is 2.11. The maximum Gasteiger partial charge on any atom is 0.270 e. The van der Waals surface area contributed by atoms with Gasteiger partial charge >= 0.3 is 0 Å². The van der Waals surface area contributed by atoms with Gasteiger partial charge in [-0.05, 0) is 52.7 Å². The van der Waals surface area contributed by atoms with Gasteiger partial charge < -0.3 is 4.74 Å². The minimum atomic E-state index is -0.410. The first-order valence-corrected chi connectivity index (χ1v) is 7.99. The Kier molecular flexibility index (Phi) is 6.17. The van der Waals surface area contributed by atoms with Crippen LogP contribution in [0.4, 0.5) is 0 Å². The summed E-state index contributed by atoms with van der Waals surface area (Å²) < 4.78 is 6.14. The number of halogens is 1. The second-order valence-electron chi connectivity index (χ2n) is 4.76. The Bertz CT molecular complexity index is 704. The largest absolute Gasteiger partial charge is 0.494 e. The van der Waals surface area contributed by atoms with Crippen LogP contribution in [0.2, 0.25) is 0 Å². The summed E-state index contributed by atoms with van der Waals surface area (Å²) in [6.07, 6.45) is 0.887. The van der Waals surface area contributed by atoms with Crippen molar-refractivity contribution in [2.24, 2.45) is 0 Å². The zero-order valence-electron chi connectivity index (χ0n) is 12.6. The highest BCUT2D eigenvalue weighted by Crippen LogP contribution is 2.15. The Hall–Kier alpha value is -2.34. The van der Waals surface area contributed by atoms with Crippen molar-refractivity contribution in [3.63, 3.8) is 0 Å². The van der Waals surface area contributed by atoms with Crippen LogP contribution in [0.25, 0.3) is 0 Å². The zero-order valence-corrected chi connectivity index (χ0v) is 14.2. The zero-order chi connectivity index (χ0) is 16.7. The minimum absolute atomic E-state index is 0.399. The van der Waals surface area contributed by atoms with E-state index in [2.05, 4.69) is 26.8 Å². The molecule has 0 aliphatic heterocycles. The number of hydrazine groups is 1. The molecule has 0 spiro atoms. The molecule has 0 radical (unpaired) electrons. The predicted octanol–water partition coefficient (Wildman–Crippen LogP) is 3.31. The fraction of sp³-hybridized carbons (Fsp3) is 0.176. The summed E-state index contributed by atoms with van der Waals surface area (Å²) in [6, 6.07) is 13.8. The monoisotopic (exact) mass is 376 g/mol. The summed E-state index contributed by atoms with van der Waals surface area (Å²) in [5.74, 6) is -0.187. The SMILES string of the molecule is CCCOc1cccc(C(=O)NNC(=O)c2ccccc2Br)c1. The summed E-state index contributed by atoms with van der Waals surface area (Å²) in [5.41, 5.74) is 5.63. The van der Waals surface area contributed by atoms with Crippen LogP contribution in [0, 0.1) is 0 Å². The van der Waals surface area contributed by atoms with Crippen LogP contribution in [-0.4, -0.2) is 18.4 Å². The van der Waals surface area contributed by atoms with Gasteiger partial charge in [-0.15, -0.1) is 0 Å².